The van der Waals surface area contributed by atoms with Crippen LogP contribution in [-0.2, 0) is 13.1 Å². The van der Waals surface area contributed by atoms with E-state index in [-0.39, 0.29) is 5.82 Å². The Kier molecular flexibility index (Phi) is 5.24. The number of nitrogens with zero attached hydrogens (tertiary/aromatic N) is 1. The number of ether oxygens (including phenoxy) is 1. The van der Waals surface area contributed by atoms with Crippen molar-refractivity contribution in [3.05, 3.63) is 95.8 Å². The molecule has 3 heteroatoms. The topological polar surface area (TPSA) is 12.5 Å². The molecule has 0 amide bonds. The second-order valence-electron chi connectivity index (χ2n) is 5.86. The van der Waals surface area contributed by atoms with Gasteiger partial charge in [0.2, 0.25) is 0 Å². The quantitative estimate of drug-likeness (QED) is 0.615. The van der Waals surface area contributed by atoms with E-state index >= 15 is 0 Å². The van der Waals surface area contributed by atoms with Gasteiger partial charge in [0, 0.05) is 13.1 Å². The maximum Gasteiger partial charge on any atom is 0.127 e. The fraction of sp³-hybridized carbons (Fsp3) is 0.143. The van der Waals surface area contributed by atoms with Gasteiger partial charge in [-0.1, -0.05) is 42.5 Å². The molecule has 0 heterocycles. The first kappa shape index (κ1) is 16.2. The van der Waals surface area contributed by atoms with Crippen molar-refractivity contribution in [2.45, 2.75) is 13.1 Å². The van der Waals surface area contributed by atoms with Gasteiger partial charge < -0.3 is 4.74 Å². The first-order chi connectivity index (χ1) is 11.7. The summed E-state index contributed by atoms with van der Waals surface area (Å²) in [6.45, 7) is 1.78. The molecule has 0 aliphatic rings. The molecule has 24 heavy (non-hydrogen) atoms. The number of hydrogen-bond acceptors (Lipinski definition) is 2. The van der Waals surface area contributed by atoms with E-state index < -0.39 is 0 Å². The van der Waals surface area contributed by atoms with Gasteiger partial charge in [0.1, 0.15) is 17.3 Å². The molecule has 122 valence electrons. The van der Waals surface area contributed by atoms with Gasteiger partial charge in [-0.05, 0) is 54.6 Å². The molecule has 0 N–H and O–H groups in total. The van der Waals surface area contributed by atoms with E-state index in [1.165, 1.54) is 23.3 Å². The van der Waals surface area contributed by atoms with E-state index in [1.54, 1.807) is 12.1 Å². The molecule has 3 aromatic rings. The molecule has 0 saturated heterocycles. The molecule has 0 fully saturated rings. The Bertz CT molecular complexity index is 754. The number of hydrogen-bond donors (Lipinski definition) is 0. The van der Waals surface area contributed by atoms with Gasteiger partial charge in [-0.25, -0.2) is 4.39 Å². The fourth-order valence-corrected chi connectivity index (χ4v) is 2.56. The minimum absolute atomic E-state index is 0.265. The molecule has 0 aliphatic heterocycles. The van der Waals surface area contributed by atoms with Crippen LogP contribution in [-0.4, -0.2) is 11.9 Å². The fourth-order valence-electron chi connectivity index (χ4n) is 2.56. The highest BCUT2D eigenvalue weighted by molar-refractivity contribution is 5.33. The van der Waals surface area contributed by atoms with Gasteiger partial charge in [-0.15, -0.1) is 0 Å². The van der Waals surface area contributed by atoms with Crippen molar-refractivity contribution < 1.29 is 9.13 Å². The van der Waals surface area contributed by atoms with Crippen LogP contribution in [0.15, 0.2) is 78.9 Å². The Morgan fingerprint density at radius 1 is 0.708 bits per heavy atom. The lowest BCUT2D eigenvalue weighted by Crippen LogP contribution is -2.17. The summed E-state index contributed by atoms with van der Waals surface area (Å²) in [6.07, 6.45) is 0. The van der Waals surface area contributed by atoms with Crippen molar-refractivity contribution in [2.24, 2.45) is 0 Å². The van der Waals surface area contributed by atoms with Crippen molar-refractivity contribution in [2.75, 3.05) is 7.05 Å². The molecule has 3 rings (SSSR count). The van der Waals surface area contributed by atoms with Gasteiger partial charge in [0.05, 0.1) is 0 Å². The Labute approximate surface area is 142 Å². The molecule has 0 spiro atoms. The van der Waals surface area contributed by atoms with Gasteiger partial charge in [-0.2, -0.15) is 0 Å². The standard InChI is InChI=1S/C21H20FNO/c1-23(15-17-5-3-2-4-6-17)16-18-7-11-20(12-8-18)24-21-13-9-19(22)10-14-21/h2-14H,15-16H2,1H3. The van der Waals surface area contributed by atoms with Crippen molar-refractivity contribution in [3.63, 3.8) is 0 Å². The first-order valence-electron chi connectivity index (χ1n) is 7.94. The molecular weight excluding hydrogens is 301 g/mol. The van der Waals surface area contributed by atoms with Gasteiger partial charge in [0.25, 0.3) is 0 Å². The third kappa shape index (κ3) is 4.67. The Morgan fingerprint density at radius 3 is 1.79 bits per heavy atom. The molecule has 0 aromatic heterocycles. The van der Waals surface area contributed by atoms with Crippen LogP contribution in [0.25, 0.3) is 0 Å². The lowest BCUT2D eigenvalue weighted by Gasteiger charge is -2.17. The zero-order valence-corrected chi connectivity index (χ0v) is 13.7. The molecule has 0 saturated carbocycles. The summed E-state index contributed by atoms with van der Waals surface area (Å²) in [5, 5.41) is 0. The highest BCUT2D eigenvalue weighted by Gasteiger charge is 2.03. The highest BCUT2D eigenvalue weighted by atomic mass is 19.1. The summed E-state index contributed by atoms with van der Waals surface area (Å²) in [4.78, 5) is 2.27. The largest absolute Gasteiger partial charge is 0.457 e. The summed E-state index contributed by atoms with van der Waals surface area (Å²) in [7, 11) is 2.11. The van der Waals surface area contributed by atoms with E-state index in [0.29, 0.717) is 5.75 Å². The third-order valence-corrected chi connectivity index (χ3v) is 3.72. The second kappa shape index (κ2) is 7.75. The van der Waals surface area contributed by atoms with Gasteiger partial charge in [-0.3, -0.25) is 4.90 Å². The second-order valence-corrected chi connectivity index (χ2v) is 5.86. The third-order valence-electron chi connectivity index (χ3n) is 3.72. The van der Waals surface area contributed by atoms with E-state index in [2.05, 4.69) is 48.3 Å². The van der Waals surface area contributed by atoms with Gasteiger partial charge >= 0.3 is 0 Å². The van der Waals surface area contributed by atoms with Crippen molar-refractivity contribution in [1.29, 1.82) is 0 Å². The highest BCUT2D eigenvalue weighted by Crippen LogP contribution is 2.22. The van der Waals surface area contributed by atoms with Crippen LogP contribution >= 0.6 is 0 Å². The van der Waals surface area contributed by atoms with Crippen LogP contribution < -0.4 is 4.74 Å². The van der Waals surface area contributed by atoms with Crippen LogP contribution in [0.5, 0.6) is 11.5 Å². The summed E-state index contributed by atoms with van der Waals surface area (Å²) in [5.41, 5.74) is 2.52. The van der Waals surface area contributed by atoms with Gasteiger partial charge in [0.15, 0.2) is 0 Å². The molecule has 0 radical (unpaired) electrons. The lowest BCUT2D eigenvalue weighted by molar-refractivity contribution is 0.319. The molecular formula is C21H20FNO. The summed E-state index contributed by atoms with van der Waals surface area (Å²) in [5.74, 6) is 1.11. The van der Waals surface area contributed by atoms with E-state index in [1.807, 2.05) is 18.2 Å². The SMILES string of the molecule is CN(Cc1ccccc1)Cc1ccc(Oc2ccc(F)cc2)cc1. The summed E-state index contributed by atoms with van der Waals surface area (Å²) in [6, 6.07) is 24.4. The average Bonchev–Trinajstić information content (AvgIpc) is 2.59. The van der Waals surface area contributed by atoms with E-state index in [0.717, 1.165) is 18.8 Å². The van der Waals surface area contributed by atoms with Crippen molar-refractivity contribution in [3.8, 4) is 11.5 Å². The number of benzene rings is 3. The molecule has 3 aromatic carbocycles. The first-order valence-corrected chi connectivity index (χ1v) is 7.94. The predicted octanol–water partition coefficient (Wildman–Crippen LogP) is 5.25. The van der Waals surface area contributed by atoms with Crippen LogP contribution in [0.2, 0.25) is 0 Å². The Morgan fingerprint density at radius 2 is 1.21 bits per heavy atom. The van der Waals surface area contributed by atoms with Crippen LogP contribution in [0.4, 0.5) is 4.39 Å². The van der Waals surface area contributed by atoms with Crippen molar-refractivity contribution >= 4 is 0 Å². The zero-order valence-electron chi connectivity index (χ0n) is 13.7. The van der Waals surface area contributed by atoms with Crippen LogP contribution in [0.1, 0.15) is 11.1 Å². The number of halogens is 1. The molecule has 2 nitrogen and oxygen atoms in total. The normalized spacial score (nSPS) is 10.8. The zero-order chi connectivity index (χ0) is 16.8. The monoisotopic (exact) mass is 321 g/mol. The van der Waals surface area contributed by atoms with Crippen LogP contribution in [0, 0.1) is 5.82 Å². The summed E-state index contributed by atoms with van der Waals surface area (Å²) < 4.78 is 18.6. The van der Waals surface area contributed by atoms with E-state index in [4.69, 9.17) is 4.74 Å². The van der Waals surface area contributed by atoms with Crippen molar-refractivity contribution in [1.82, 2.24) is 4.90 Å². The Hall–Kier alpha value is -2.65. The minimum Gasteiger partial charge on any atom is -0.457 e. The summed E-state index contributed by atoms with van der Waals surface area (Å²) >= 11 is 0. The predicted molar refractivity (Wildman–Crippen MR) is 94.5 cm³/mol. The smallest absolute Gasteiger partial charge is 0.127 e. The minimum atomic E-state index is -0.265. The van der Waals surface area contributed by atoms with Crippen LogP contribution in [0.3, 0.4) is 0 Å². The molecule has 0 aliphatic carbocycles. The maximum atomic E-state index is 12.9. The Balaban J connectivity index is 1.57. The number of rotatable bonds is 6. The molecule has 0 unspecified atom stereocenters. The lowest BCUT2D eigenvalue weighted by atomic mass is 10.2. The molecule has 0 bridgehead atoms. The molecule has 0 atom stereocenters. The maximum absolute atomic E-state index is 12.9. The van der Waals surface area contributed by atoms with E-state index in [9.17, 15) is 4.39 Å². The average molecular weight is 321 g/mol.